The van der Waals surface area contributed by atoms with Crippen LogP contribution < -0.4 is 15.5 Å². The smallest absolute Gasteiger partial charge is 0.228 e. The fourth-order valence-electron chi connectivity index (χ4n) is 3.91. The first-order valence-electron chi connectivity index (χ1n) is 10.6. The number of pyridine rings is 3. The molecule has 1 saturated heterocycles. The Labute approximate surface area is 178 Å². The maximum absolute atomic E-state index is 12.2. The highest BCUT2D eigenvalue weighted by Gasteiger charge is 2.30. The van der Waals surface area contributed by atoms with Crippen LogP contribution in [0.3, 0.4) is 0 Å². The molecule has 0 atom stereocenters. The number of amides is 1. The van der Waals surface area contributed by atoms with E-state index in [4.69, 9.17) is 4.98 Å². The van der Waals surface area contributed by atoms with E-state index in [-0.39, 0.29) is 11.8 Å². The van der Waals surface area contributed by atoms with Gasteiger partial charge in [0.05, 0.1) is 0 Å². The summed E-state index contributed by atoms with van der Waals surface area (Å²) in [7, 11) is 1.82. The van der Waals surface area contributed by atoms with Gasteiger partial charge in [-0.05, 0) is 31.4 Å². The van der Waals surface area contributed by atoms with E-state index in [1.54, 1.807) is 16.9 Å². The summed E-state index contributed by atoms with van der Waals surface area (Å²) in [5.41, 5.74) is 2.76. The van der Waals surface area contributed by atoms with Gasteiger partial charge in [0.1, 0.15) is 11.6 Å². The molecule has 0 aromatic carbocycles. The number of nitrogens with one attached hydrogen (secondary N) is 2. The van der Waals surface area contributed by atoms with Crippen LogP contribution in [0.5, 0.6) is 0 Å². The maximum Gasteiger partial charge on any atom is 0.228 e. The molecular formula is C22H22N8O. The van der Waals surface area contributed by atoms with Crippen LogP contribution in [0, 0.1) is 5.92 Å². The summed E-state index contributed by atoms with van der Waals surface area (Å²) in [6.07, 6.45) is 8.57. The third-order valence-corrected chi connectivity index (χ3v) is 5.99. The molecule has 2 fully saturated rings. The zero-order chi connectivity index (χ0) is 20.9. The highest BCUT2D eigenvalue weighted by molar-refractivity contribution is 6.03. The molecule has 0 bridgehead atoms. The van der Waals surface area contributed by atoms with Crippen LogP contribution >= 0.6 is 0 Å². The lowest BCUT2D eigenvalue weighted by molar-refractivity contribution is -0.117. The average molecular weight is 414 g/mol. The molecule has 6 rings (SSSR count). The second-order valence-corrected chi connectivity index (χ2v) is 8.11. The van der Waals surface area contributed by atoms with E-state index in [2.05, 4.69) is 42.7 Å². The molecule has 0 spiro atoms. The molecule has 5 heterocycles. The molecule has 1 aliphatic carbocycles. The first kappa shape index (κ1) is 18.1. The van der Waals surface area contributed by atoms with E-state index >= 15 is 0 Å². The molecule has 1 amide bonds. The molecule has 9 heteroatoms. The van der Waals surface area contributed by atoms with Crippen molar-refractivity contribution in [1.82, 2.24) is 24.6 Å². The van der Waals surface area contributed by atoms with Gasteiger partial charge in [0.2, 0.25) is 5.91 Å². The maximum atomic E-state index is 12.2. The van der Waals surface area contributed by atoms with Gasteiger partial charge in [0.25, 0.3) is 0 Å². The third kappa shape index (κ3) is 3.13. The van der Waals surface area contributed by atoms with Gasteiger partial charge < -0.3 is 15.5 Å². The number of hydrogen-bond acceptors (Lipinski definition) is 7. The molecule has 9 nitrogen and oxygen atoms in total. The Bertz CT molecular complexity index is 1320. The lowest BCUT2D eigenvalue weighted by atomic mass is 10.1. The van der Waals surface area contributed by atoms with E-state index in [0.29, 0.717) is 11.6 Å². The number of anilines is 3. The lowest BCUT2D eigenvalue weighted by Gasteiger charge is -2.32. The third-order valence-electron chi connectivity index (χ3n) is 5.99. The van der Waals surface area contributed by atoms with Crippen molar-refractivity contribution in [1.29, 1.82) is 0 Å². The summed E-state index contributed by atoms with van der Waals surface area (Å²) in [5.74, 6) is 1.98. The Morgan fingerprint density at radius 1 is 1.13 bits per heavy atom. The quantitative estimate of drug-likeness (QED) is 0.518. The van der Waals surface area contributed by atoms with Gasteiger partial charge in [-0.2, -0.15) is 0 Å². The highest BCUT2D eigenvalue weighted by atomic mass is 16.2. The van der Waals surface area contributed by atoms with Gasteiger partial charge >= 0.3 is 0 Å². The minimum Gasteiger partial charge on any atom is -0.373 e. The van der Waals surface area contributed by atoms with Crippen LogP contribution in [0.4, 0.5) is 17.3 Å². The summed E-state index contributed by atoms with van der Waals surface area (Å²) in [5, 5.41) is 12.5. The second kappa shape index (κ2) is 6.90. The Hall–Kier alpha value is -3.75. The van der Waals surface area contributed by atoms with Gasteiger partial charge in [0.15, 0.2) is 11.5 Å². The molecule has 1 saturated carbocycles. The van der Waals surface area contributed by atoms with E-state index in [9.17, 15) is 4.79 Å². The molecular weight excluding hydrogens is 392 g/mol. The monoisotopic (exact) mass is 414 g/mol. The Balaban J connectivity index is 1.45. The SMILES string of the molecule is CNc1ncc(-c2nc3cc(N4CCC4)ccn3n2)c2cc(NC(=O)C3CC3)ncc12. The standard InChI is InChI=1S/C22H22N8O/c1-23-20-16-11-24-18(26-22(31)13-3-4-13)10-15(16)17(12-25-20)21-27-19-9-14(29-6-2-7-29)5-8-30(19)28-21/h5,8-13H,2-4,6-7H2,1H3,(H,23,25)(H,24,26,31). The first-order valence-corrected chi connectivity index (χ1v) is 10.6. The van der Waals surface area contributed by atoms with E-state index in [1.165, 1.54) is 12.1 Å². The van der Waals surface area contributed by atoms with Crippen molar-refractivity contribution in [2.75, 3.05) is 35.7 Å². The predicted molar refractivity (Wildman–Crippen MR) is 119 cm³/mol. The summed E-state index contributed by atoms with van der Waals surface area (Å²) < 4.78 is 1.79. The fourth-order valence-corrected chi connectivity index (χ4v) is 3.91. The van der Waals surface area contributed by atoms with E-state index < -0.39 is 0 Å². The molecule has 1 aliphatic heterocycles. The summed E-state index contributed by atoms with van der Waals surface area (Å²) in [4.78, 5) is 28.3. The van der Waals surface area contributed by atoms with E-state index in [1.807, 2.05) is 19.3 Å². The number of nitrogens with zero attached hydrogens (tertiary/aromatic N) is 6. The highest BCUT2D eigenvalue weighted by Crippen LogP contribution is 2.33. The van der Waals surface area contributed by atoms with Crippen molar-refractivity contribution in [2.45, 2.75) is 19.3 Å². The zero-order valence-electron chi connectivity index (χ0n) is 17.2. The molecule has 2 aliphatic rings. The summed E-state index contributed by atoms with van der Waals surface area (Å²) in [6.45, 7) is 2.17. The molecule has 156 valence electrons. The number of aromatic nitrogens is 5. The largest absolute Gasteiger partial charge is 0.373 e. The predicted octanol–water partition coefficient (Wildman–Crippen LogP) is 2.94. The molecule has 0 unspecified atom stereocenters. The number of hydrogen-bond donors (Lipinski definition) is 2. The van der Waals surface area contributed by atoms with Crippen molar-refractivity contribution in [3.05, 3.63) is 36.8 Å². The number of rotatable bonds is 5. The van der Waals surface area contributed by atoms with Gasteiger partial charge in [-0.15, -0.1) is 5.10 Å². The molecule has 4 aromatic heterocycles. The van der Waals surface area contributed by atoms with Gasteiger partial charge in [0, 0.05) is 72.7 Å². The second-order valence-electron chi connectivity index (χ2n) is 8.11. The summed E-state index contributed by atoms with van der Waals surface area (Å²) >= 11 is 0. The van der Waals surface area contributed by atoms with Crippen LogP contribution in [-0.4, -0.2) is 50.6 Å². The average Bonchev–Trinajstić information content (AvgIpc) is 3.51. The lowest BCUT2D eigenvalue weighted by Crippen LogP contribution is -2.36. The molecule has 4 aromatic rings. The van der Waals surface area contributed by atoms with Crippen LogP contribution in [-0.2, 0) is 4.79 Å². The number of carbonyl (C=O) groups is 1. The van der Waals surface area contributed by atoms with Crippen LogP contribution in [0.1, 0.15) is 19.3 Å². The molecule has 0 radical (unpaired) electrons. The van der Waals surface area contributed by atoms with Gasteiger partial charge in [-0.25, -0.2) is 19.5 Å². The number of carbonyl (C=O) groups excluding carboxylic acids is 1. The minimum absolute atomic E-state index is 0.0284. The van der Waals surface area contributed by atoms with E-state index in [0.717, 1.165) is 53.7 Å². The van der Waals surface area contributed by atoms with Crippen molar-refractivity contribution in [2.24, 2.45) is 5.92 Å². The molecule has 2 N–H and O–H groups in total. The van der Waals surface area contributed by atoms with Gasteiger partial charge in [-0.3, -0.25) is 4.79 Å². The van der Waals surface area contributed by atoms with Crippen molar-refractivity contribution in [3.63, 3.8) is 0 Å². The van der Waals surface area contributed by atoms with Crippen LogP contribution in [0.15, 0.2) is 36.8 Å². The van der Waals surface area contributed by atoms with Crippen molar-refractivity contribution in [3.8, 4) is 11.4 Å². The molecule has 31 heavy (non-hydrogen) atoms. The normalized spacial score (nSPS) is 15.8. The Morgan fingerprint density at radius 2 is 2.00 bits per heavy atom. The zero-order valence-corrected chi connectivity index (χ0v) is 17.2. The minimum atomic E-state index is 0.0284. The number of fused-ring (bicyclic) bond motifs is 2. The Morgan fingerprint density at radius 3 is 2.74 bits per heavy atom. The first-order chi connectivity index (χ1) is 15.2. The van der Waals surface area contributed by atoms with Gasteiger partial charge in [-0.1, -0.05) is 0 Å². The van der Waals surface area contributed by atoms with Crippen LogP contribution in [0.25, 0.3) is 27.8 Å². The van der Waals surface area contributed by atoms with Crippen molar-refractivity contribution >= 4 is 39.6 Å². The fraction of sp³-hybridized carbons (Fsp3) is 0.318. The van der Waals surface area contributed by atoms with Crippen molar-refractivity contribution < 1.29 is 4.79 Å². The van der Waals surface area contributed by atoms with Crippen LogP contribution in [0.2, 0.25) is 0 Å². The summed E-state index contributed by atoms with van der Waals surface area (Å²) in [6, 6.07) is 6.02. The Kier molecular flexibility index (Phi) is 4.02. The topological polar surface area (TPSA) is 100 Å².